The van der Waals surface area contributed by atoms with Crippen molar-refractivity contribution >= 4 is 11.9 Å². The number of aromatic nitrogens is 2. The number of piperidine rings is 1. The smallest absolute Gasteiger partial charge is 0.225 e. The van der Waals surface area contributed by atoms with E-state index < -0.39 is 0 Å². The van der Waals surface area contributed by atoms with Crippen molar-refractivity contribution in [3.63, 3.8) is 0 Å². The van der Waals surface area contributed by atoms with Gasteiger partial charge >= 0.3 is 0 Å². The summed E-state index contributed by atoms with van der Waals surface area (Å²) in [5, 5.41) is 0. The molecule has 1 aromatic rings. The van der Waals surface area contributed by atoms with Gasteiger partial charge in [-0.05, 0) is 51.6 Å². The zero-order valence-corrected chi connectivity index (χ0v) is 15.9. The Hall–Kier alpha value is -1.69. The Morgan fingerprint density at radius 2 is 2.00 bits per heavy atom. The molecule has 25 heavy (non-hydrogen) atoms. The van der Waals surface area contributed by atoms with Crippen LogP contribution < -0.4 is 4.90 Å². The Bertz CT molecular complexity index is 599. The maximum atomic E-state index is 11.5. The monoisotopic (exact) mass is 345 g/mol. The summed E-state index contributed by atoms with van der Waals surface area (Å²) in [5.41, 5.74) is 2.14. The van der Waals surface area contributed by atoms with Gasteiger partial charge in [0, 0.05) is 51.9 Å². The molecule has 2 aliphatic rings. The van der Waals surface area contributed by atoms with Crippen molar-refractivity contribution in [1.82, 2.24) is 19.8 Å². The molecule has 6 heteroatoms. The molecule has 0 N–H and O–H groups in total. The molecule has 0 radical (unpaired) electrons. The number of amides is 1. The largest absolute Gasteiger partial charge is 0.343 e. The van der Waals surface area contributed by atoms with Crippen LogP contribution in [0.15, 0.2) is 6.07 Å². The maximum absolute atomic E-state index is 11.5. The lowest BCUT2D eigenvalue weighted by atomic mass is 10.1. The molecule has 3 heterocycles. The Balaban J connectivity index is 1.58. The quantitative estimate of drug-likeness (QED) is 0.818. The van der Waals surface area contributed by atoms with E-state index in [4.69, 9.17) is 4.98 Å². The lowest BCUT2D eigenvalue weighted by molar-refractivity contribution is -0.127. The summed E-state index contributed by atoms with van der Waals surface area (Å²) in [6, 6.07) is 2.10. The lowest BCUT2D eigenvalue weighted by Gasteiger charge is -2.27. The average Bonchev–Trinajstić information content (AvgIpc) is 3.03. The highest BCUT2D eigenvalue weighted by atomic mass is 16.2. The maximum Gasteiger partial charge on any atom is 0.225 e. The van der Waals surface area contributed by atoms with Gasteiger partial charge in [-0.1, -0.05) is 0 Å². The third kappa shape index (κ3) is 4.91. The first kappa shape index (κ1) is 18.1. The van der Waals surface area contributed by atoms with E-state index >= 15 is 0 Å². The molecule has 6 nitrogen and oxygen atoms in total. The number of rotatable bonds is 5. The van der Waals surface area contributed by atoms with Crippen LogP contribution in [0, 0.1) is 12.8 Å². The molecule has 0 spiro atoms. The van der Waals surface area contributed by atoms with Crippen LogP contribution >= 0.6 is 0 Å². The topological polar surface area (TPSA) is 52.6 Å². The lowest BCUT2D eigenvalue weighted by Crippen LogP contribution is -2.32. The first-order valence-electron chi connectivity index (χ1n) is 9.55. The summed E-state index contributed by atoms with van der Waals surface area (Å²) in [6.07, 6.45) is 4.89. The predicted octanol–water partition coefficient (Wildman–Crippen LogP) is 2.08. The van der Waals surface area contributed by atoms with E-state index in [2.05, 4.69) is 34.8 Å². The Kier molecular flexibility index (Phi) is 5.89. The number of hydrogen-bond acceptors (Lipinski definition) is 5. The first-order valence-corrected chi connectivity index (χ1v) is 9.55. The van der Waals surface area contributed by atoms with Gasteiger partial charge in [-0.15, -0.1) is 0 Å². The van der Waals surface area contributed by atoms with E-state index in [1.54, 1.807) is 6.92 Å². The number of anilines is 1. The van der Waals surface area contributed by atoms with E-state index in [1.165, 1.54) is 19.3 Å². The minimum atomic E-state index is 0.197. The number of likely N-dealkylation sites (tertiary alicyclic amines) is 1. The standard InChI is InChI=1S/C19H31N5O/c1-15-11-18(21-19(20-15)23-8-5-4-6-9-23)14-22(3)12-17-7-10-24(13-17)16(2)25/h11,17H,4-10,12-14H2,1-3H3. The van der Waals surface area contributed by atoms with E-state index in [0.29, 0.717) is 5.92 Å². The second-order valence-corrected chi connectivity index (χ2v) is 7.66. The molecule has 2 saturated heterocycles. The molecule has 0 saturated carbocycles. The molecule has 0 bridgehead atoms. The molecular weight excluding hydrogens is 314 g/mol. The fourth-order valence-corrected chi connectivity index (χ4v) is 3.98. The zero-order chi connectivity index (χ0) is 17.8. The van der Waals surface area contributed by atoms with Crippen LogP contribution in [0.3, 0.4) is 0 Å². The molecule has 3 rings (SSSR count). The molecule has 1 unspecified atom stereocenters. The van der Waals surface area contributed by atoms with Gasteiger partial charge < -0.3 is 14.7 Å². The summed E-state index contributed by atoms with van der Waals surface area (Å²) < 4.78 is 0. The number of carbonyl (C=O) groups excluding carboxylic acids is 1. The van der Waals surface area contributed by atoms with Crippen molar-refractivity contribution in [2.24, 2.45) is 5.92 Å². The highest BCUT2D eigenvalue weighted by Gasteiger charge is 2.25. The number of carbonyl (C=O) groups is 1. The third-order valence-electron chi connectivity index (χ3n) is 5.27. The molecule has 0 aliphatic carbocycles. The number of hydrogen-bond donors (Lipinski definition) is 0. The fraction of sp³-hybridized carbons (Fsp3) is 0.737. The van der Waals surface area contributed by atoms with E-state index in [9.17, 15) is 4.79 Å². The predicted molar refractivity (Wildman–Crippen MR) is 99.5 cm³/mol. The Morgan fingerprint density at radius 1 is 1.24 bits per heavy atom. The van der Waals surface area contributed by atoms with Crippen LogP contribution in [-0.4, -0.2) is 65.4 Å². The van der Waals surface area contributed by atoms with Crippen LogP contribution in [0.5, 0.6) is 0 Å². The third-order valence-corrected chi connectivity index (χ3v) is 5.27. The highest BCUT2D eigenvalue weighted by Crippen LogP contribution is 2.19. The van der Waals surface area contributed by atoms with Crippen LogP contribution in [0.25, 0.3) is 0 Å². The van der Waals surface area contributed by atoms with E-state index in [1.807, 2.05) is 4.90 Å². The summed E-state index contributed by atoms with van der Waals surface area (Å²) in [6.45, 7) is 9.50. The second-order valence-electron chi connectivity index (χ2n) is 7.66. The van der Waals surface area contributed by atoms with Gasteiger partial charge in [0.2, 0.25) is 11.9 Å². The summed E-state index contributed by atoms with van der Waals surface area (Å²) >= 11 is 0. The fourth-order valence-electron chi connectivity index (χ4n) is 3.98. The van der Waals surface area contributed by atoms with E-state index in [-0.39, 0.29) is 5.91 Å². The van der Waals surface area contributed by atoms with Crippen molar-refractivity contribution in [2.45, 2.75) is 46.1 Å². The van der Waals surface area contributed by atoms with Crippen LogP contribution in [0.1, 0.15) is 44.0 Å². The van der Waals surface area contributed by atoms with Crippen molar-refractivity contribution < 1.29 is 4.79 Å². The van der Waals surface area contributed by atoms with Crippen molar-refractivity contribution in [3.05, 3.63) is 17.5 Å². The zero-order valence-electron chi connectivity index (χ0n) is 15.9. The molecule has 138 valence electrons. The van der Waals surface area contributed by atoms with Gasteiger partial charge in [-0.3, -0.25) is 4.79 Å². The Morgan fingerprint density at radius 3 is 2.68 bits per heavy atom. The number of nitrogens with zero attached hydrogens (tertiary/aromatic N) is 5. The van der Waals surface area contributed by atoms with Gasteiger partial charge in [-0.2, -0.15) is 0 Å². The molecular formula is C19H31N5O. The van der Waals surface area contributed by atoms with Gasteiger partial charge in [-0.25, -0.2) is 9.97 Å². The van der Waals surface area contributed by atoms with Crippen molar-refractivity contribution in [2.75, 3.05) is 44.7 Å². The highest BCUT2D eigenvalue weighted by molar-refractivity contribution is 5.73. The molecule has 2 fully saturated rings. The van der Waals surface area contributed by atoms with Crippen molar-refractivity contribution in [3.8, 4) is 0 Å². The normalized spacial score (nSPS) is 21.2. The number of aryl methyl sites for hydroxylation is 1. The SMILES string of the molecule is CC(=O)N1CCC(CN(C)Cc2cc(C)nc(N3CCCCC3)n2)C1. The first-order chi connectivity index (χ1) is 12.0. The van der Waals surface area contributed by atoms with Gasteiger partial charge in [0.15, 0.2) is 0 Å². The van der Waals surface area contributed by atoms with Crippen molar-refractivity contribution in [1.29, 1.82) is 0 Å². The summed E-state index contributed by atoms with van der Waals surface area (Å²) in [4.78, 5) is 27.6. The molecule has 2 aliphatic heterocycles. The second kappa shape index (κ2) is 8.13. The van der Waals surface area contributed by atoms with Crippen LogP contribution in [0.2, 0.25) is 0 Å². The van der Waals surface area contributed by atoms with Gasteiger partial charge in [0.1, 0.15) is 0 Å². The van der Waals surface area contributed by atoms with E-state index in [0.717, 1.165) is 63.0 Å². The summed E-state index contributed by atoms with van der Waals surface area (Å²) in [5.74, 6) is 1.66. The minimum Gasteiger partial charge on any atom is -0.343 e. The molecule has 1 amide bonds. The van der Waals surface area contributed by atoms with Crippen LogP contribution in [0.4, 0.5) is 5.95 Å². The Labute approximate surface area is 151 Å². The molecule has 0 aromatic carbocycles. The molecule has 1 aromatic heterocycles. The van der Waals surface area contributed by atoms with Crippen LogP contribution in [-0.2, 0) is 11.3 Å². The minimum absolute atomic E-state index is 0.197. The van der Waals surface area contributed by atoms with Gasteiger partial charge in [0.25, 0.3) is 0 Å². The summed E-state index contributed by atoms with van der Waals surface area (Å²) in [7, 11) is 2.15. The molecule has 1 atom stereocenters. The average molecular weight is 345 g/mol. The van der Waals surface area contributed by atoms with Gasteiger partial charge in [0.05, 0.1) is 5.69 Å².